The molecular formula is C62H74O2S8. The molecule has 9 aromatic rings. The van der Waals surface area contributed by atoms with Gasteiger partial charge in [0.15, 0.2) is 11.6 Å². The number of unbranched alkanes of at least 4 members (excludes halogenated alkanes) is 4. The average molecular weight is 1110 g/mol. The molecule has 4 unspecified atom stereocenters. The number of rotatable bonds is 28. The van der Waals surface area contributed by atoms with Crippen molar-refractivity contribution in [2.75, 3.05) is 0 Å². The summed E-state index contributed by atoms with van der Waals surface area (Å²) in [7, 11) is 0. The van der Waals surface area contributed by atoms with E-state index in [0.29, 0.717) is 23.4 Å². The van der Waals surface area contributed by atoms with Crippen LogP contribution < -0.4 is 0 Å². The van der Waals surface area contributed by atoms with E-state index in [2.05, 4.69) is 115 Å². The van der Waals surface area contributed by atoms with Crippen molar-refractivity contribution in [3.8, 4) is 40.4 Å². The Morgan fingerprint density at radius 1 is 0.431 bits per heavy atom. The Morgan fingerprint density at radius 2 is 0.833 bits per heavy atom. The number of carbonyl (C=O) groups excluding carboxylic acids is 2. The van der Waals surface area contributed by atoms with Gasteiger partial charge in [0.2, 0.25) is 0 Å². The number of ketones is 2. The third-order valence-electron chi connectivity index (χ3n) is 15.4. The van der Waals surface area contributed by atoms with Crippen LogP contribution in [0, 0.1) is 23.7 Å². The van der Waals surface area contributed by atoms with Crippen molar-refractivity contribution in [3.05, 3.63) is 78.8 Å². The number of carbonyl (C=O) groups is 2. The molecule has 1 aromatic carbocycles. The van der Waals surface area contributed by atoms with E-state index in [0.717, 1.165) is 74.0 Å². The Labute approximate surface area is 462 Å². The van der Waals surface area contributed by atoms with Crippen LogP contribution in [-0.4, -0.2) is 11.6 Å². The first-order valence-electron chi connectivity index (χ1n) is 27.5. The summed E-state index contributed by atoms with van der Waals surface area (Å²) in [6.07, 6.45) is 20.5. The Bertz CT molecular complexity index is 2970. The van der Waals surface area contributed by atoms with Gasteiger partial charge < -0.3 is 0 Å². The molecule has 9 rings (SSSR count). The Balaban J connectivity index is 1.24. The Kier molecular flexibility index (Phi) is 18.7. The lowest BCUT2D eigenvalue weighted by Gasteiger charge is -2.13. The van der Waals surface area contributed by atoms with E-state index in [1.165, 1.54) is 142 Å². The lowest BCUT2D eigenvalue weighted by Crippen LogP contribution is -2.12. The van der Waals surface area contributed by atoms with Crippen molar-refractivity contribution in [1.29, 1.82) is 0 Å². The van der Waals surface area contributed by atoms with E-state index < -0.39 is 0 Å². The molecule has 8 aromatic heterocycles. The molecule has 2 nitrogen and oxygen atoms in total. The van der Waals surface area contributed by atoms with E-state index in [-0.39, 0.29) is 11.8 Å². The number of fused-ring (bicyclic) bond motifs is 4. The lowest BCUT2D eigenvalue weighted by molar-refractivity contribution is 0.0905. The van der Waals surface area contributed by atoms with Crippen molar-refractivity contribution < 1.29 is 9.59 Å². The maximum Gasteiger partial charge on any atom is 0.175 e. The first-order valence-corrected chi connectivity index (χ1v) is 34.1. The second-order valence-corrected chi connectivity index (χ2v) is 28.7. The van der Waals surface area contributed by atoms with Crippen molar-refractivity contribution in [2.24, 2.45) is 23.7 Å². The Morgan fingerprint density at radius 3 is 1.21 bits per heavy atom. The second kappa shape index (κ2) is 24.9. The largest absolute Gasteiger partial charge is 0.293 e. The SMILES string of the molecule is CCCCC(CC)Cc1ccc(-c2c3cc(-c4scc5cc(C(=O)C(CC)CCCC)sc45)sc3c(-c3ccc(CC(CC)CCCC)s3)c3cc(-c4scc5cc(C(=O)C(CC)CCCC)sc45)sc23)s1. The topological polar surface area (TPSA) is 34.1 Å². The summed E-state index contributed by atoms with van der Waals surface area (Å²) < 4.78 is 5.24. The summed E-state index contributed by atoms with van der Waals surface area (Å²) >= 11 is 15.1. The molecule has 0 amide bonds. The fourth-order valence-electron chi connectivity index (χ4n) is 10.8. The maximum absolute atomic E-state index is 14.0. The minimum Gasteiger partial charge on any atom is -0.293 e. The smallest absolute Gasteiger partial charge is 0.175 e. The molecule has 0 saturated heterocycles. The zero-order valence-corrected chi connectivity index (χ0v) is 50.4. The fraction of sp³-hybridized carbons (Fsp3) is 0.484. The molecule has 72 heavy (non-hydrogen) atoms. The van der Waals surface area contributed by atoms with Gasteiger partial charge in [-0.3, -0.25) is 9.59 Å². The number of hydrogen-bond acceptors (Lipinski definition) is 10. The summed E-state index contributed by atoms with van der Waals surface area (Å²) in [6.45, 7) is 18.2. The van der Waals surface area contributed by atoms with E-state index in [1.807, 2.05) is 68.0 Å². The zero-order valence-electron chi connectivity index (χ0n) is 43.9. The van der Waals surface area contributed by atoms with Gasteiger partial charge in [0.05, 0.1) is 28.9 Å². The lowest BCUT2D eigenvalue weighted by atomic mass is 9.94. The van der Waals surface area contributed by atoms with Crippen LogP contribution in [0.4, 0.5) is 0 Å². The van der Waals surface area contributed by atoms with Crippen LogP contribution in [-0.2, 0) is 12.8 Å². The molecule has 382 valence electrons. The van der Waals surface area contributed by atoms with Crippen molar-refractivity contribution in [2.45, 2.75) is 171 Å². The van der Waals surface area contributed by atoms with Gasteiger partial charge in [-0.15, -0.1) is 90.7 Å². The van der Waals surface area contributed by atoms with Gasteiger partial charge >= 0.3 is 0 Å². The van der Waals surface area contributed by atoms with Crippen LogP contribution in [0.15, 0.2) is 59.3 Å². The predicted octanol–water partition coefficient (Wildman–Crippen LogP) is 23.8. The van der Waals surface area contributed by atoms with Gasteiger partial charge in [-0.25, -0.2) is 0 Å². The zero-order chi connectivity index (χ0) is 50.5. The van der Waals surface area contributed by atoms with Gasteiger partial charge in [-0.2, -0.15) is 0 Å². The molecular weight excluding hydrogens is 1030 g/mol. The summed E-state index contributed by atoms with van der Waals surface area (Å²) in [5.74, 6) is 2.24. The minimum absolute atomic E-state index is 0.0931. The summed E-state index contributed by atoms with van der Waals surface area (Å²) in [5.41, 5.74) is 2.74. The van der Waals surface area contributed by atoms with Gasteiger partial charge in [0.1, 0.15) is 0 Å². The van der Waals surface area contributed by atoms with Gasteiger partial charge in [-0.05, 0) is 98.9 Å². The van der Waals surface area contributed by atoms with Crippen LogP contribution in [0.1, 0.15) is 187 Å². The third kappa shape index (κ3) is 11.3. The van der Waals surface area contributed by atoms with Crippen LogP contribution in [0.25, 0.3) is 80.7 Å². The van der Waals surface area contributed by atoms with Crippen LogP contribution in [0.3, 0.4) is 0 Å². The normalized spacial score (nSPS) is 13.9. The van der Waals surface area contributed by atoms with Gasteiger partial charge in [0.25, 0.3) is 0 Å². The van der Waals surface area contributed by atoms with Gasteiger partial charge in [0, 0.05) is 93.9 Å². The molecule has 10 heteroatoms. The quantitative estimate of drug-likeness (QED) is 0.0458. The molecule has 4 atom stereocenters. The molecule has 8 heterocycles. The molecule has 0 radical (unpaired) electrons. The summed E-state index contributed by atoms with van der Waals surface area (Å²) in [6, 6.07) is 19.2. The minimum atomic E-state index is 0.0931. The monoisotopic (exact) mass is 1110 g/mol. The molecule has 0 N–H and O–H groups in total. The molecule has 0 fully saturated rings. The highest BCUT2D eigenvalue weighted by Crippen LogP contribution is 2.57. The van der Waals surface area contributed by atoms with E-state index >= 15 is 0 Å². The average Bonchev–Trinajstić information content (AvgIpc) is 4.25. The van der Waals surface area contributed by atoms with Gasteiger partial charge in [-0.1, -0.05) is 132 Å². The van der Waals surface area contributed by atoms with E-state index in [9.17, 15) is 9.59 Å². The van der Waals surface area contributed by atoms with Crippen molar-refractivity contribution >= 4 is 143 Å². The number of thiophene rings is 8. The van der Waals surface area contributed by atoms with Crippen LogP contribution in [0.2, 0.25) is 0 Å². The molecule has 0 aliphatic heterocycles. The number of Topliss-reactive ketones (excluding diaryl/α,β-unsaturated/α-hetero) is 2. The van der Waals surface area contributed by atoms with Crippen molar-refractivity contribution in [3.63, 3.8) is 0 Å². The maximum atomic E-state index is 14.0. The number of benzene rings is 1. The summed E-state index contributed by atoms with van der Waals surface area (Å²) in [5, 5.41) is 9.70. The third-order valence-corrected chi connectivity index (χ3v) is 24.9. The molecule has 0 saturated carbocycles. The highest BCUT2D eigenvalue weighted by Gasteiger charge is 2.29. The first-order chi connectivity index (χ1) is 35.1. The predicted molar refractivity (Wildman–Crippen MR) is 331 cm³/mol. The molecule has 0 aliphatic rings. The van der Waals surface area contributed by atoms with E-state index in [1.54, 1.807) is 22.7 Å². The molecule has 0 spiro atoms. The first kappa shape index (κ1) is 54.0. The standard InChI is InChI=1S/C62H74O2S8/c1-9-17-21-37(13-5)29-43-25-27-47(67-43)53-45-33-51(61-57-41(35-65-61)31-49(69-57)55(63)39(15-7)23-19-11-3)72-60(45)54(48-28-26-44(68-48)30-38(14-6)22-18-10-2)46-34-52(71-59(46)53)62-58-42(36-66-62)32-50(70-58)56(64)40(16-8)24-20-12-4/h25-28,31-40H,9-24,29-30H2,1-8H3. The molecule has 0 bridgehead atoms. The Hall–Kier alpha value is -2.80. The fourth-order valence-corrected chi connectivity index (χ4v) is 20.9. The summed E-state index contributed by atoms with van der Waals surface area (Å²) in [4.78, 5) is 40.8. The van der Waals surface area contributed by atoms with Crippen LogP contribution in [0.5, 0.6) is 0 Å². The number of hydrogen-bond donors (Lipinski definition) is 0. The van der Waals surface area contributed by atoms with Crippen molar-refractivity contribution in [1.82, 2.24) is 0 Å². The highest BCUT2D eigenvalue weighted by atomic mass is 32.1. The van der Waals surface area contributed by atoms with E-state index in [4.69, 9.17) is 0 Å². The molecule has 0 aliphatic carbocycles. The second-order valence-electron chi connectivity index (χ2n) is 20.4. The van der Waals surface area contributed by atoms with Crippen LogP contribution >= 0.6 is 90.7 Å². The highest BCUT2D eigenvalue weighted by molar-refractivity contribution is 7.32.